The fourth-order valence-corrected chi connectivity index (χ4v) is 4.65. The van der Waals surface area contributed by atoms with Crippen LogP contribution in [0.2, 0.25) is 0 Å². The minimum absolute atomic E-state index is 0.217. The van der Waals surface area contributed by atoms with Crippen molar-refractivity contribution in [3.05, 3.63) is 39.8 Å². The summed E-state index contributed by atoms with van der Waals surface area (Å²) in [5, 5.41) is 7.80. The van der Waals surface area contributed by atoms with E-state index in [4.69, 9.17) is 0 Å². The normalized spacial score (nSPS) is 13.2. The monoisotopic (exact) mass is 344 g/mol. The summed E-state index contributed by atoms with van der Waals surface area (Å²) < 4.78 is 5.36. The highest BCUT2D eigenvalue weighted by Crippen LogP contribution is 2.28. The number of rotatable bonds is 4. The fourth-order valence-electron chi connectivity index (χ4n) is 2.76. The molecule has 2 amide bonds. The first kappa shape index (κ1) is 14.6. The van der Waals surface area contributed by atoms with E-state index < -0.39 is 0 Å². The van der Waals surface area contributed by atoms with E-state index in [0.717, 1.165) is 34.4 Å². The summed E-state index contributed by atoms with van der Waals surface area (Å²) in [6, 6.07) is 7.66. The zero-order valence-corrected chi connectivity index (χ0v) is 14.1. The number of thiazole rings is 1. The second-order valence-electron chi connectivity index (χ2n) is 5.49. The van der Waals surface area contributed by atoms with Crippen LogP contribution in [0.15, 0.2) is 24.3 Å². The van der Waals surface area contributed by atoms with Crippen molar-refractivity contribution in [1.82, 2.24) is 14.7 Å². The predicted molar refractivity (Wildman–Crippen MR) is 94.5 cm³/mol. The van der Waals surface area contributed by atoms with Crippen molar-refractivity contribution in [2.24, 2.45) is 0 Å². The summed E-state index contributed by atoms with van der Waals surface area (Å²) in [7, 11) is 0. The number of amides is 2. The third-order valence-corrected chi connectivity index (χ3v) is 5.92. The SMILES string of the molecule is O=C(NCCc1nc2c(s1)CCC2)Nc1nsc2ccccc12. The molecule has 2 aromatic heterocycles. The minimum Gasteiger partial charge on any atom is -0.337 e. The van der Waals surface area contributed by atoms with Crippen molar-refractivity contribution in [2.75, 3.05) is 11.9 Å². The van der Waals surface area contributed by atoms with Gasteiger partial charge in [0.2, 0.25) is 0 Å². The Kier molecular flexibility index (Phi) is 3.97. The van der Waals surface area contributed by atoms with Gasteiger partial charge < -0.3 is 5.32 Å². The van der Waals surface area contributed by atoms with Crippen molar-refractivity contribution >= 4 is 44.8 Å². The Bertz CT molecular complexity index is 833. The van der Waals surface area contributed by atoms with Gasteiger partial charge in [0.05, 0.1) is 15.4 Å². The van der Waals surface area contributed by atoms with Crippen LogP contribution in [0.1, 0.15) is 22.0 Å². The summed E-state index contributed by atoms with van der Waals surface area (Å²) >= 11 is 3.18. The van der Waals surface area contributed by atoms with Gasteiger partial charge in [0.15, 0.2) is 5.82 Å². The van der Waals surface area contributed by atoms with Gasteiger partial charge in [-0.05, 0) is 42.9 Å². The topological polar surface area (TPSA) is 66.9 Å². The number of aryl methyl sites for hydroxylation is 2. The Labute approximate surface area is 141 Å². The molecule has 7 heteroatoms. The summed E-state index contributed by atoms with van der Waals surface area (Å²) in [6.45, 7) is 0.584. The maximum absolute atomic E-state index is 12.0. The average Bonchev–Trinajstić information content (AvgIpc) is 3.22. The third kappa shape index (κ3) is 3.07. The van der Waals surface area contributed by atoms with Gasteiger partial charge in [-0.3, -0.25) is 5.32 Å². The molecule has 0 unspecified atom stereocenters. The van der Waals surface area contributed by atoms with Crippen molar-refractivity contribution in [1.29, 1.82) is 0 Å². The maximum atomic E-state index is 12.0. The number of carbonyl (C=O) groups excluding carboxylic acids is 1. The lowest BCUT2D eigenvalue weighted by molar-refractivity contribution is 0.252. The molecule has 0 radical (unpaired) electrons. The number of nitrogens with zero attached hydrogens (tertiary/aromatic N) is 2. The van der Waals surface area contributed by atoms with E-state index in [2.05, 4.69) is 20.0 Å². The number of hydrogen-bond acceptors (Lipinski definition) is 5. The molecule has 1 aliphatic rings. The van der Waals surface area contributed by atoms with Crippen molar-refractivity contribution in [2.45, 2.75) is 25.7 Å². The highest BCUT2D eigenvalue weighted by Gasteiger charge is 2.16. The number of carbonyl (C=O) groups is 1. The van der Waals surface area contributed by atoms with E-state index in [1.165, 1.54) is 28.5 Å². The van der Waals surface area contributed by atoms with E-state index >= 15 is 0 Å². The van der Waals surface area contributed by atoms with Gasteiger partial charge in [-0.1, -0.05) is 12.1 Å². The molecule has 0 aliphatic heterocycles. The number of aromatic nitrogens is 2. The number of urea groups is 1. The van der Waals surface area contributed by atoms with E-state index in [1.807, 2.05) is 24.3 Å². The molecule has 118 valence electrons. The second-order valence-corrected chi connectivity index (χ2v) is 7.46. The van der Waals surface area contributed by atoms with Crippen LogP contribution in [-0.4, -0.2) is 21.9 Å². The van der Waals surface area contributed by atoms with Gasteiger partial charge in [0.1, 0.15) is 0 Å². The highest BCUT2D eigenvalue weighted by atomic mass is 32.1. The fraction of sp³-hybridized carbons (Fsp3) is 0.312. The van der Waals surface area contributed by atoms with Crippen LogP contribution in [0.4, 0.5) is 10.6 Å². The first-order chi connectivity index (χ1) is 11.3. The summed E-state index contributed by atoms with van der Waals surface area (Å²) in [6.07, 6.45) is 4.29. The molecule has 23 heavy (non-hydrogen) atoms. The van der Waals surface area contributed by atoms with E-state index in [-0.39, 0.29) is 6.03 Å². The molecular weight excluding hydrogens is 328 g/mol. The lowest BCUT2D eigenvalue weighted by atomic mass is 10.3. The smallest absolute Gasteiger partial charge is 0.320 e. The Balaban J connectivity index is 1.31. The maximum Gasteiger partial charge on any atom is 0.320 e. The third-order valence-electron chi connectivity index (χ3n) is 3.87. The molecule has 0 saturated carbocycles. The molecule has 4 rings (SSSR count). The van der Waals surface area contributed by atoms with Gasteiger partial charge in [-0.15, -0.1) is 11.3 Å². The van der Waals surface area contributed by atoms with E-state index in [1.54, 1.807) is 11.3 Å². The Morgan fingerprint density at radius 1 is 1.26 bits per heavy atom. The molecule has 2 N–H and O–H groups in total. The first-order valence-corrected chi connectivity index (χ1v) is 9.25. The van der Waals surface area contributed by atoms with Gasteiger partial charge in [0.25, 0.3) is 0 Å². The average molecular weight is 344 g/mol. The van der Waals surface area contributed by atoms with Crippen LogP contribution >= 0.6 is 22.9 Å². The number of fused-ring (bicyclic) bond motifs is 2. The van der Waals surface area contributed by atoms with Crippen molar-refractivity contribution < 1.29 is 4.79 Å². The summed E-state index contributed by atoms with van der Waals surface area (Å²) in [5.41, 5.74) is 1.27. The summed E-state index contributed by atoms with van der Waals surface area (Å²) in [4.78, 5) is 18.1. The van der Waals surface area contributed by atoms with Crippen LogP contribution in [0.3, 0.4) is 0 Å². The zero-order valence-electron chi connectivity index (χ0n) is 12.5. The molecular formula is C16H16N4OS2. The molecule has 5 nitrogen and oxygen atoms in total. The van der Waals surface area contributed by atoms with E-state index in [0.29, 0.717) is 12.4 Å². The van der Waals surface area contributed by atoms with Crippen LogP contribution < -0.4 is 10.6 Å². The Morgan fingerprint density at radius 2 is 2.17 bits per heavy atom. The van der Waals surface area contributed by atoms with Crippen LogP contribution in [0.25, 0.3) is 10.1 Å². The van der Waals surface area contributed by atoms with Crippen LogP contribution in [0, 0.1) is 0 Å². The Hall–Kier alpha value is -1.99. The molecule has 0 saturated heterocycles. The molecule has 3 aromatic rings. The van der Waals surface area contributed by atoms with Crippen LogP contribution in [0.5, 0.6) is 0 Å². The lowest BCUT2D eigenvalue weighted by Crippen LogP contribution is -2.30. The number of hydrogen-bond donors (Lipinski definition) is 2. The second kappa shape index (κ2) is 6.25. The van der Waals surface area contributed by atoms with Gasteiger partial charge in [-0.2, -0.15) is 4.37 Å². The van der Waals surface area contributed by atoms with Crippen molar-refractivity contribution in [3.63, 3.8) is 0 Å². The molecule has 1 aromatic carbocycles. The van der Waals surface area contributed by atoms with Gasteiger partial charge in [0, 0.05) is 23.2 Å². The molecule has 0 bridgehead atoms. The van der Waals surface area contributed by atoms with Gasteiger partial charge >= 0.3 is 6.03 Å². The van der Waals surface area contributed by atoms with E-state index in [9.17, 15) is 4.79 Å². The highest BCUT2D eigenvalue weighted by molar-refractivity contribution is 7.13. The quantitative estimate of drug-likeness (QED) is 0.760. The van der Waals surface area contributed by atoms with Crippen molar-refractivity contribution in [3.8, 4) is 0 Å². The molecule has 0 atom stereocenters. The predicted octanol–water partition coefficient (Wildman–Crippen LogP) is 3.61. The molecule has 0 spiro atoms. The molecule has 2 heterocycles. The van der Waals surface area contributed by atoms with Crippen LogP contribution in [-0.2, 0) is 19.3 Å². The number of nitrogens with one attached hydrogen (secondary N) is 2. The zero-order chi connectivity index (χ0) is 15.6. The van der Waals surface area contributed by atoms with Gasteiger partial charge in [-0.25, -0.2) is 9.78 Å². The molecule has 0 fully saturated rings. The first-order valence-electron chi connectivity index (χ1n) is 7.66. The lowest BCUT2D eigenvalue weighted by Gasteiger charge is -2.05. The number of benzene rings is 1. The standard InChI is InChI=1S/C16H16N4OS2/c21-16(19-15-10-4-1-2-6-12(10)23-20-15)17-9-8-14-18-11-5-3-7-13(11)22-14/h1-2,4,6H,3,5,7-9H2,(H2,17,19,20,21). The summed E-state index contributed by atoms with van der Waals surface area (Å²) in [5.74, 6) is 0.622. The minimum atomic E-state index is -0.217. The molecule has 1 aliphatic carbocycles. The number of anilines is 1. The Morgan fingerprint density at radius 3 is 3.09 bits per heavy atom. The largest absolute Gasteiger partial charge is 0.337 e.